The van der Waals surface area contributed by atoms with Crippen molar-refractivity contribution < 1.29 is 4.79 Å². The molecule has 0 spiro atoms. The van der Waals surface area contributed by atoms with E-state index in [4.69, 9.17) is 0 Å². The van der Waals surface area contributed by atoms with Crippen LogP contribution in [0.5, 0.6) is 0 Å². The molecule has 3 aromatic rings. The molecule has 0 fully saturated rings. The molecule has 0 radical (unpaired) electrons. The first-order valence-corrected chi connectivity index (χ1v) is 7.18. The highest BCUT2D eigenvalue weighted by Crippen LogP contribution is 2.15. The van der Waals surface area contributed by atoms with Crippen LogP contribution in [0.2, 0.25) is 0 Å². The third kappa shape index (κ3) is 2.90. The summed E-state index contributed by atoms with van der Waals surface area (Å²) in [6.45, 7) is 2.21. The zero-order valence-electron chi connectivity index (χ0n) is 12.3. The van der Waals surface area contributed by atoms with Crippen LogP contribution >= 0.6 is 0 Å². The van der Waals surface area contributed by atoms with Gasteiger partial charge in [0.2, 0.25) is 5.91 Å². The third-order valence-electron chi connectivity index (χ3n) is 3.34. The summed E-state index contributed by atoms with van der Waals surface area (Å²) >= 11 is 0. The molecule has 2 aromatic carbocycles. The van der Waals surface area contributed by atoms with E-state index in [2.05, 4.69) is 15.7 Å². The van der Waals surface area contributed by atoms with Crippen LogP contribution in [0.4, 0.5) is 5.69 Å². The lowest BCUT2D eigenvalue weighted by Gasteiger charge is -2.25. The van der Waals surface area contributed by atoms with Gasteiger partial charge in [-0.15, -0.1) is 5.10 Å². The van der Waals surface area contributed by atoms with Crippen molar-refractivity contribution in [3.63, 3.8) is 0 Å². The average molecular weight is 295 g/mol. The lowest BCUT2D eigenvalue weighted by atomic mass is 10.3. The van der Waals surface area contributed by atoms with Gasteiger partial charge in [-0.1, -0.05) is 42.5 Å². The fourth-order valence-electron chi connectivity index (χ4n) is 2.17. The monoisotopic (exact) mass is 295 g/mol. The zero-order chi connectivity index (χ0) is 15.4. The Kier molecular flexibility index (Phi) is 4.00. The van der Waals surface area contributed by atoms with E-state index in [9.17, 15) is 4.79 Å². The lowest BCUT2D eigenvalue weighted by molar-refractivity contribution is -0.121. The first-order chi connectivity index (χ1) is 10.8. The number of anilines is 1. The van der Waals surface area contributed by atoms with E-state index in [1.807, 2.05) is 61.5 Å². The first kappa shape index (κ1) is 14.1. The quantitative estimate of drug-likeness (QED) is 0.734. The van der Waals surface area contributed by atoms with E-state index < -0.39 is 0 Å². The number of rotatable bonds is 5. The van der Waals surface area contributed by atoms with Crippen LogP contribution < -0.4 is 10.4 Å². The van der Waals surface area contributed by atoms with Crippen molar-refractivity contribution in [3.05, 3.63) is 54.6 Å². The van der Waals surface area contributed by atoms with Gasteiger partial charge >= 0.3 is 0 Å². The molecular formula is C16H17N5O. The molecule has 3 rings (SSSR count). The van der Waals surface area contributed by atoms with Gasteiger partial charge in [0.25, 0.3) is 0 Å². The minimum absolute atomic E-state index is 0.0479. The van der Waals surface area contributed by atoms with Gasteiger partial charge in [-0.25, -0.2) is 4.68 Å². The molecule has 1 heterocycles. The first-order valence-electron chi connectivity index (χ1n) is 7.18. The Labute approximate surface area is 128 Å². The average Bonchev–Trinajstić information content (AvgIpc) is 2.98. The highest BCUT2D eigenvalue weighted by molar-refractivity contribution is 5.77. The Morgan fingerprint density at radius 3 is 2.64 bits per heavy atom. The van der Waals surface area contributed by atoms with Crippen LogP contribution in [0.25, 0.3) is 11.0 Å². The van der Waals surface area contributed by atoms with Crippen LogP contribution in [0.1, 0.15) is 13.3 Å². The summed E-state index contributed by atoms with van der Waals surface area (Å²) in [4.78, 5) is 11.8. The third-order valence-corrected chi connectivity index (χ3v) is 3.34. The second kappa shape index (κ2) is 6.26. The van der Waals surface area contributed by atoms with Gasteiger partial charge in [0.05, 0.1) is 11.2 Å². The Morgan fingerprint density at radius 2 is 1.86 bits per heavy atom. The molecule has 0 aliphatic heterocycles. The van der Waals surface area contributed by atoms with Crippen LogP contribution in [0, 0.1) is 0 Å². The zero-order valence-corrected chi connectivity index (χ0v) is 12.3. The summed E-state index contributed by atoms with van der Waals surface area (Å²) in [6, 6.07) is 17.4. The van der Waals surface area contributed by atoms with Crippen LogP contribution in [-0.2, 0) is 11.5 Å². The van der Waals surface area contributed by atoms with Crippen molar-refractivity contribution in [2.75, 3.05) is 5.01 Å². The number of hydrogen-bond acceptors (Lipinski definition) is 4. The number of carbonyl (C=O) groups excluding carboxylic acids is 1. The van der Waals surface area contributed by atoms with E-state index >= 15 is 0 Å². The number of amides is 1. The minimum Gasteiger partial charge on any atom is -0.273 e. The van der Waals surface area contributed by atoms with Gasteiger partial charge in [0.1, 0.15) is 12.2 Å². The number of nitrogens with one attached hydrogen (secondary N) is 1. The van der Waals surface area contributed by atoms with Gasteiger partial charge in [0, 0.05) is 6.42 Å². The van der Waals surface area contributed by atoms with E-state index in [1.54, 1.807) is 9.69 Å². The van der Waals surface area contributed by atoms with Gasteiger partial charge in [-0.05, 0) is 24.3 Å². The molecule has 1 N–H and O–H groups in total. The Hall–Kier alpha value is -2.89. The number of carbonyl (C=O) groups is 1. The molecule has 0 bridgehead atoms. The lowest BCUT2D eigenvalue weighted by Crippen LogP contribution is -2.43. The maximum atomic E-state index is 11.8. The standard InChI is InChI=1S/C16H17N5O/c1-2-16(22)18-20(13-8-4-3-5-9-13)12-21-15-11-7-6-10-14(15)17-19-21/h3-11H,2,12H2,1H3,(H,18,22). The molecule has 0 saturated carbocycles. The predicted octanol–water partition coefficient (Wildman–Crippen LogP) is 2.34. The van der Waals surface area contributed by atoms with Crippen molar-refractivity contribution in [3.8, 4) is 0 Å². The van der Waals surface area contributed by atoms with Crippen molar-refractivity contribution in [1.29, 1.82) is 0 Å². The summed E-state index contributed by atoms with van der Waals surface area (Å²) in [6.07, 6.45) is 0.418. The normalized spacial score (nSPS) is 10.6. The van der Waals surface area contributed by atoms with Crippen molar-refractivity contribution >= 4 is 22.6 Å². The van der Waals surface area contributed by atoms with E-state index in [1.165, 1.54) is 0 Å². The molecule has 0 saturated heterocycles. The second-order valence-electron chi connectivity index (χ2n) is 4.87. The summed E-state index contributed by atoms with van der Waals surface area (Å²) in [5, 5.41) is 10.1. The number of nitrogens with zero attached hydrogens (tertiary/aromatic N) is 4. The van der Waals surface area contributed by atoms with Crippen molar-refractivity contribution in [2.24, 2.45) is 0 Å². The second-order valence-corrected chi connectivity index (χ2v) is 4.87. The number of fused-ring (bicyclic) bond motifs is 1. The van der Waals surface area contributed by atoms with Gasteiger partial charge in [0.15, 0.2) is 0 Å². The van der Waals surface area contributed by atoms with Crippen molar-refractivity contribution in [1.82, 2.24) is 20.4 Å². The molecule has 1 amide bonds. The number of hydrogen-bond donors (Lipinski definition) is 1. The molecule has 6 heteroatoms. The van der Waals surface area contributed by atoms with Crippen LogP contribution in [0.3, 0.4) is 0 Å². The van der Waals surface area contributed by atoms with Crippen LogP contribution in [0.15, 0.2) is 54.6 Å². The predicted molar refractivity (Wildman–Crippen MR) is 84.9 cm³/mol. The van der Waals surface area contributed by atoms with Gasteiger partial charge in [-0.2, -0.15) is 0 Å². The molecule has 22 heavy (non-hydrogen) atoms. The number of para-hydroxylation sites is 2. The maximum absolute atomic E-state index is 11.8. The maximum Gasteiger partial charge on any atom is 0.238 e. The molecule has 0 aliphatic carbocycles. The summed E-state index contributed by atoms with van der Waals surface area (Å²) in [7, 11) is 0. The number of benzene rings is 2. The van der Waals surface area contributed by atoms with E-state index in [-0.39, 0.29) is 5.91 Å². The Balaban J connectivity index is 1.91. The molecular weight excluding hydrogens is 278 g/mol. The van der Waals surface area contributed by atoms with Gasteiger partial charge < -0.3 is 0 Å². The fourth-order valence-corrected chi connectivity index (χ4v) is 2.17. The van der Waals surface area contributed by atoms with Gasteiger partial charge in [-0.3, -0.25) is 15.2 Å². The van der Waals surface area contributed by atoms with Crippen LogP contribution in [-0.4, -0.2) is 20.9 Å². The Morgan fingerprint density at radius 1 is 1.14 bits per heavy atom. The molecule has 0 aliphatic rings. The van der Waals surface area contributed by atoms with E-state index in [0.717, 1.165) is 16.7 Å². The van der Waals surface area contributed by atoms with Crippen molar-refractivity contribution in [2.45, 2.75) is 20.0 Å². The highest BCUT2D eigenvalue weighted by atomic mass is 16.2. The summed E-state index contributed by atoms with van der Waals surface area (Å²) < 4.78 is 1.76. The number of hydrazine groups is 1. The smallest absolute Gasteiger partial charge is 0.238 e. The number of aromatic nitrogens is 3. The molecule has 6 nitrogen and oxygen atoms in total. The highest BCUT2D eigenvalue weighted by Gasteiger charge is 2.12. The summed E-state index contributed by atoms with van der Waals surface area (Å²) in [5.74, 6) is -0.0479. The SMILES string of the molecule is CCC(=O)NN(Cn1nnc2ccccc21)c1ccccc1. The Bertz CT molecular complexity index is 768. The molecule has 1 aromatic heterocycles. The molecule has 0 atom stereocenters. The molecule has 112 valence electrons. The van der Waals surface area contributed by atoms with E-state index in [0.29, 0.717) is 13.1 Å². The fraction of sp³-hybridized carbons (Fsp3) is 0.188. The topological polar surface area (TPSA) is 63.1 Å². The molecule has 0 unspecified atom stereocenters. The minimum atomic E-state index is -0.0479. The largest absolute Gasteiger partial charge is 0.273 e. The summed E-state index contributed by atoms with van der Waals surface area (Å²) in [5.41, 5.74) is 5.54.